The van der Waals surface area contributed by atoms with E-state index in [4.69, 9.17) is 11.6 Å². The fraction of sp³-hybridized carbons (Fsp3) is 0.450. The number of rotatable bonds is 7. The van der Waals surface area contributed by atoms with Gasteiger partial charge in [0.1, 0.15) is 5.82 Å². The van der Waals surface area contributed by atoms with Gasteiger partial charge in [-0.2, -0.15) is 0 Å². The second-order valence-corrected chi connectivity index (χ2v) is 7.23. The zero-order chi connectivity index (χ0) is 19.8. The molecule has 1 fully saturated rings. The molecular formula is C20H28ClIN6O. The van der Waals surface area contributed by atoms with Gasteiger partial charge >= 0.3 is 0 Å². The molecule has 0 aromatic carbocycles. The summed E-state index contributed by atoms with van der Waals surface area (Å²) in [6.45, 7) is 3.30. The number of unbranched alkanes of at least 4 members (excludes halogenated alkanes) is 1. The number of aromatic nitrogens is 2. The second-order valence-electron chi connectivity index (χ2n) is 6.82. The first-order valence-corrected chi connectivity index (χ1v) is 10.0. The van der Waals surface area contributed by atoms with Gasteiger partial charge in [0, 0.05) is 57.7 Å². The maximum absolute atomic E-state index is 11.7. The number of guanidine groups is 1. The highest BCUT2D eigenvalue weighted by atomic mass is 127. The molecule has 1 saturated heterocycles. The van der Waals surface area contributed by atoms with Crippen LogP contribution in [-0.2, 0) is 6.54 Å². The molecule has 1 atom stereocenters. The van der Waals surface area contributed by atoms with Crippen molar-refractivity contribution < 1.29 is 0 Å². The zero-order valence-corrected chi connectivity index (χ0v) is 19.6. The molecule has 2 aromatic rings. The van der Waals surface area contributed by atoms with Gasteiger partial charge in [-0.15, -0.1) is 24.0 Å². The van der Waals surface area contributed by atoms with E-state index in [-0.39, 0.29) is 29.5 Å². The predicted octanol–water partition coefficient (Wildman–Crippen LogP) is 2.74. The lowest BCUT2D eigenvalue weighted by molar-refractivity contribution is 0.580. The Hall–Kier alpha value is -1.81. The van der Waals surface area contributed by atoms with Crippen molar-refractivity contribution in [3.05, 3.63) is 58.1 Å². The molecule has 0 radical (unpaired) electrons. The molecular weight excluding hydrogens is 503 g/mol. The van der Waals surface area contributed by atoms with Crippen LogP contribution < -0.4 is 21.1 Å². The summed E-state index contributed by atoms with van der Waals surface area (Å²) in [6, 6.07) is 9.25. The Morgan fingerprint density at radius 3 is 2.93 bits per heavy atom. The minimum Gasteiger partial charge on any atom is -0.356 e. The summed E-state index contributed by atoms with van der Waals surface area (Å²) in [7, 11) is 1.78. The van der Waals surface area contributed by atoms with Gasteiger partial charge in [0.15, 0.2) is 5.96 Å². The molecule has 1 aliphatic rings. The fourth-order valence-electron chi connectivity index (χ4n) is 3.33. The van der Waals surface area contributed by atoms with Crippen LogP contribution in [0.1, 0.15) is 19.3 Å². The van der Waals surface area contributed by atoms with Gasteiger partial charge in [-0.1, -0.05) is 17.7 Å². The minimum absolute atomic E-state index is 0. The topological polar surface area (TPSA) is 74.6 Å². The van der Waals surface area contributed by atoms with Crippen molar-refractivity contribution in [2.24, 2.45) is 4.99 Å². The van der Waals surface area contributed by atoms with E-state index >= 15 is 0 Å². The van der Waals surface area contributed by atoms with E-state index in [0.717, 1.165) is 57.2 Å². The van der Waals surface area contributed by atoms with E-state index < -0.39 is 0 Å². The van der Waals surface area contributed by atoms with Crippen molar-refractivity contribution in [1.29, 1.82) is 0 Å². The number of hydrogen-bond acceptors (Lipinski definition) is 4. The molecule has 3 heterocycles. The van der Waals surface area contributed by atoms with Crippen LogP contribution >= 0.6 is 35.6 Å². The van der Waals surface area contributed by atoms with Crippen molar-refractivity contribution in [3.63, 3.8) is 0 Å². The Labute approximate surface area is 193 Å². The molecule has 2 N–H and O–H groups in total. The molecule has 29 heavy (non-hydrogen) atoms. The first-order valence-electron chi connectivity index (χ1n) is 9.65. The lowest BCUT2D eigenvalue weighted by Crippen LogP contribution is -2.45. The number of hydrogen-bond donors (Lipinski definition) is 2. The van der Waals surface area contributed by atoms with Crippen molar-refractivity contribution in [2.45, 2.75) is 31.8 Å². The van der Waals surface area contributed by atoms with Crippen LogP contribution in [0.3, 0.4) is 0 Å². The van der Waals surface area contributed by atoms with Gasteiger partial charge in [-0.25, -0.2) is 4.98 Å². The number of nitrogens with zero attached hydrogens (tertiary/aromatic N) is 4. The predicted molar refractivity (Wildman–Crippen MR) is 130 cm³/mol. The Morgan fingerprint density at radius 2 is 2.17 bits per heavy atom. The third-order valence-corrected chi connectivity index (χ3v) is 5.10. The molecule has 0 spiro atoms. The third kappa shape index (κ3) is 6.88. The smallest absolute Gasteiger partial charge is 0.250 e. The van der Waals surface area contributed by atoms with Gasteiger partial charge in [0.2, 0.25) is 5.56 Å². The molecule has 0 aliphatic carbocycles. The van der Waals surface area contributed by atoms with Crippen LogP contribution in [0, 0.1) is 0 Å². The SMILES string of the molecule is CN=C(NCCCCn1ccccc1=O)NC1CCN(c2ncccc2Cl)C1.I. The summed E-state index contributed by atoms with van der Waals surface area (Å²) >= 11 is 6.26. The maximum Gasteiger partial charge on any atom is 0.250 e. The summed E-state index contributed by atoms with van der Waals surface area (Å²) < 4.78 is 1.74. The zero-order valence-electron chi connectivity index (χ0n) is 16.6. The second kappa shape index (κ2) is 12.0. The average molecular weight is 531 g/mol. The standard InChI is InChI=1S/C20H27ClN6O.HI/c1-22-20(24-10-3-5-13-26-12-4-2-8-18(26)28)25-16-9-14-27(15-16)19-17(21)7-6-11-23-19;/h2,4,6-8,11-12,16H,3,5,9-10,13-15H2,1H3,(H2,22,24,25);1H. The Kier molecular flexibility index (Phi) is 9.72. The van der Waals surface area contributed by atoms with Gasteiger partial charge in [0.05, 0.1) is 5.02 Å². The number of pyridine rings is 2. The van der Waals surface area contributed by atoms with E-state index in [1.165, 1.54) is 0 Å². The Balaban J connectivity index is 0.00000300. The van der Waals surface area contributed by atoms with E-state index in [2.05, 4.69) is 25.5 Å². The normalized spacial score (nSPS) is 16.4. The molecule has 2 aromatic heterocycles. The average Bonchev–Trinajstić information content (AvgIpc) is 3.16. The van der Waals surface area contributed by atoms with Gasteiger partial charge < -0.3 is 20.1 Å². The molecule has 0 bridgehead atoms. The number of anilines is 1. The van der Waals surface area contributed by atoms with Crippen LogP contribution in [-0.4, -0.2) is 48.2 Å². The highest BCUT2D eigenvalue weighted by Gasteiger charge is 2.25. The lowest BCUT2D eigenvalue weighted by Gasteiger charge is -2.20. The summed E-state index contributed by atoms with van der Waals surface area (Å²) in [4.78, 5) is 22.6. The van der Waals surface area contributed by atoms with Crippen LogP contribution in [0.5, 0.6) is 0 Å². The first-order chi connectivity index (χ1) is 13.7. The molecule has 0 amide bonds. The molecule has 1 unspecified atom stereocenters. The number of aryl methyl sites for hydroxylation is 1. The molecule has 0 saturated carbocycles. The van der Waals surface area contributed by atoms with Gasteiger partial charge in [0.25, 0.3) is 0 Å². The monoisotopic (exact) mass is 530 g/mol. The Morgan fingerprint density at radius 1 is 1.31 bits per heavy atom. The van der Waals surface area contributed by atoms with E-state index in [0.29, 0.717) is 11.1 Å². The maximum atomic E-state index is 11.7. The van der Waals surface area contributed by atoms with E-state index in [1.54, 1.807) is 29.9 Å². The summed E-state index contributed by atoms with van der Waals surface area (Å²) in [6.07, 6.45) is 6.50. The van der Waals surface area contributed by atoms with Crippen molar-refractivity contribution in [1.82, 2.24) is 20.2 Å². The summed E-state index contributed by atoms with van der Waals surface area (Å²) in [5.41, 5.74) is 0.0479. The molecule has 3 rings (SSSR count). The number of aliphatic imine (C=N–C) groups is 1. The summed E-state index contributed by atoms with van der Waals surface area (Å²) in [5, 5.41) is 7.51. The molecule has 1 aliphatic heterocycles. The minimum atomic E-state index is 0. The Bertz CT molecular complexity index is 859. The highest BCUT2D eigenvalue weighted by Crippen LogP contribution is 2.25. The van der Waals surface area contributed by atoms with Crippen LogP contribution in [0.4, 0.5) is 5.82 Å². The highest BCUT2D eigenvalue weighted by molar-refractivity contribution is 14.0. The third-order valence-electron chi connectivity index (χ3n) is 4.81. The van der Waals surface area contributed by atoms with Crippen LogP contribution in [0.2, 0.25) is 5.02 Å². The first kappa shape index (κ1) is 23.5. The van der Waals surface area contributed by atoms with E-state index in [9.17, 15) is 4.79 Å². The van der Waals surface area contributed by atoms with Gasteiger partial charge in [-0.05, 0) is 37.5 Å². The van der Waals surface area contributed by atoms with Crippen molar-refractivity contribution >= 4 is 47.4 Å². The summed E-state index contributed by atoms with van der Waals surface area (Å²) in [5.74, 6) is 1.64. The largest absolute Gasteiger partial charge is 0.356 e. The molecule has 158 valence electrons. The van der Waals surface area contributed by atoms with Crippen LogP contribution in [0.15, 0.2) is 52.5 Å². The number of nitrogens with one attached hydrogen (secondary N) is 2. The van der Waals surface area contributed by atoms with Crippen molar-refractivity contribution in [2.75, 3.05) is 31.6 Å². The quantitative estimate of drug-likeness (QED) is 0.249. The van der Waals surface area contributed by atoms with E-state index in [1.807, 2.05) is 24.4 Å². The lowest BCUT2D eigenvalue weighted by atomic mass is 10.2. The van der Waals surface area contributed by atoms with Gasteiger partial charge in [-0.3, -0.25) is 9.79 Å². The molecule has 9 heteroatoms. The van der Waals surface area contributed by atoms with Crippen LogP contribution in [0.25, 0.3) is 0 Å². The fourth-order valence-corrected chi connectivity index (χ4v) is 3.57. The number of halogens is 2. The van der Waals surface area contributed by atoms with Crippen molar-refractivity contribution in [3.8, 4) is 0 Å². The molecule has 7 nitrogen and oxygen atoms in total.